The van der Waals surface area contributed by atoms with E-state index in [2.05, 4.69) is 40.0 Å². The highest BCUT2D eigenvalue weighted by Crippen LogP contribution is 2.17. The summed E-state index contributed by atoms with van der Waals surface area (Å²) in [7, 11) is -4.47. The lowest BCUT2D eigenvalue weighted by molar-refractivity contribution is -1.91. The van der Waals surface area contributed by atoms with Gasteiger partial charge in [-0.1, -0.05) is 28.6 Å². The third-order valence-corrected chi connectivity index (χ3v) is 4.17. The van der Waals surface area contributed by atoms with Crippen LogP contribution in [0.5, 0.6) is 5.75 Å². The van der Waals surface area contributed by atoms with Crippen molar-refractivity contribution in [2.45, 2.75) is 13.5 Å². The Labute approximate surface area is 147 Å². The SMILES string of the molecule is CC[n+]1c(C=Cc2ccc(O[Cl+3]([O-])([O-])[O-])cc2)ccc2ccccc21. The number of rotatable bonds is 5. The Morgan fingerprint density at radius 2 is 1.64 bits per heavy atom. The van der Waals surface area contributed by atoms with Crippen molar-refractivity contribution in [1.29, 1.82) is 0 Å². The quantitative estimate of drug-likeness (QED) is 0.625. The van der Waals surface area contributed by atoms with Crippen LogP contribution in [0.1, 0.15) is 18.2 Å². The number of aryl methyl sites for hydroxylation is 1. The summed E-state index contributed by atoms with van der Waals surface area (Å²) in [6.07, 6.45) is 3.91. The number of pyridine rings is 1. The number of halogens is 1. The smallest absolute Gasteiger partial charge is 0.192 e. The minimum absolute atomic E-state index is 0.0110. The highest BCUT2D eigenvalue weighted by atomic mass is 35.7. The molecular weight excluding hydrogens is 342 g/mol. The van der Waals surface area contributed by atoms with Gasteiger partial charge in [0.05, 0.1) is 0 Å². The van der Waals surface area contributed by atoms with Gasteiger partial charge in [-0.05, 0) is 42.8 Å². The first kappa shape index (κ1) is 17.4. The summed E-state index contributed by atoms with van der Waals surface area (Å²) in [5.41, 5.74) is 3.08. The maximum Gasteiger partial charge on any atom is 0.288 e. The largest absolute Gasteiger partial charge is 0.288 e. The van der Waals surface area contributed by atoms with Gasteiger partial charge < -0.3 is 0 Å². The van der Waals surface area contributed by atoms with E-state index < -0.39 is 10.2 Å². The van der Waals surface area contributed by atoms with Crippen LogP contribution >= 0.6 is 0 Å². The maximum absolute atomic E-state index is 10.6. The van der Waals surface area contributed by atoms with Gasteiger partial charge in [-0.15, -0.1) is 0 Å². The van der Waals surface area contributed by atoms with E-state index in [4.69, 9.17) is 0 Å². The molecule has 1 aromatic heterocycles. The monoisotopic (exact) mass is 358 g/mol. The van der Waals surface area contributed by atoms with Crippen LogP contribution in [-0.4, -0.2) is 0 Å². The van der Waals surface area contributed by atoms with Crippen LogP contribution in [0.15, 0.2) is 60.7 Å². The average molecular weight is 359 g/mol. The van der Waals surface area contributed by atoms with Crippen molar-refractivity contribution in [2.75, 3.05) is 0 Å². The van der Waals surface area contributed by atoms with E-state index in [9.17, 15) is 14.0 Å². The Kier molecular flexibility index (Phi) is 5.01. The zero-order valence-corrected chi connectivity index (χ0v) is 14.3. The Bertz CT molecular complexity index is 901. The molecule has 128 valence electrons. The number of nitrogens with zero attached hydrogens (tertiary/aromatic N) is 1. The number of para-hydroxylation sites is 1. The van der Waals surface area contributed by atoms with Gasteiger partial charge in [-0.25, -0.2) is 0 Å². The molecule has 0 radical (unpaired) electrons. The highest BCUT2D eigenvalue weighted by Gasteiger charge is 2.18. The van der Waals surface area contributed by atoms with Crippen LogP contribution in [0.4, 0.5) is 0 Å². The zero-order valence-electron chi connectivity index (χ0n) is 13.6. The molecule has 0 spiro atoms. The molecule has 6 heteroatoms. The second-order valence-electron chi connectivity index (χ2n) is 5.42. The van der Waals surface area contributed by atoms with Gasteiger partial charge in [0, 0.05) is 23.6 Å². The molecular formula is C19H17ClNO4+. The first-order valence-electron chi connectivity index (χ1n) is 7.76. The first-order valence-corrected chi connectivity index (χ1v) is 9.00. The summed E-state index contributed by atoms with van der Waals surface area (Å²) in [5, 5.41) is 1.18. The molecule has 0 unspecified atom stereocenters. The van der Waals surface area contributed by atoms with Crippen molar-refractivity contribution in [1.82, 2.24) is 0 Å². The standard InChI is InChI=1S/C19H17ClNO4/c1-2-21-17(12-10-16-5-3-4-6-19(16)21)11-7-15-8-13-18(14-9-15)25-20(22,23)24/h3-14H,2H2,1H3/q+1. The Hall–Kier alpha value is -2.44. The molecule has 1 heterocycles. The fraction of sp³-hybridized carbons (Fsp3) is 0.105. The summed E-state index contributed by atoms with van der Waals surface area (Å²) < 4.78 is 38.1. The highest BCUT2D eigenvalue weighted by molar-refractivity contribution is 5.77. The van der Waals surface area contributed by atoms with E-state index in [1.54, 1.807) is 12.1 Å². The topological polar surface area (TPSA) is 82.3 Å². The van der Waals surface area contributed by atoms with Gasteiger partial charge in [0.1, 0.15) is 16.8 Å². The summed E-state index contributed by atoms with van der Waals surface area (Å²) >= 11 is 0. The normalized spacial score (nSPS) is 12.0. The van der Waals surface area contributed by atoms with Crippen molar-refractivity contribution >= 4 is 23.1 Å². The molecule has 0 atom stereocenters. The predicted octanol–water partition coefficient (Wildman–Crippen LogP) is 0.594. The molecule has 0 aliphatic rings. The number of fused-ring (bicyclic) bond motifs is 1. The van der Waals surface area contributed by atoms with E-state index in [1.165, 1.54) is 17.5 Å². The number of hydrogen-bond acceptors (Lipinski definition) is 4. The lowest BCUT2D eigenvalue weighted by Crippen LogP contribution is -2.63. The van der Waals surface area contributed by atoms with E-state index >= 15 is 0 Å². The van der Waals surface area contributed by atoms with Crippen molar-refractivity contribution in [2.24, 2.45) is 0 Å². The molecule has 0 saturated heterocycles. The third-order valence-electron chi connectivity index (χ3n) is 3.80. The summed E-state index contributed by atoms with van der Waals surface area (Å²) in [6.45, 7) is 2.94. The molecule has 3 aromatic rings. The fourth-order valence-corrected chi connectivity index (χ4v) is 3.02. The Morgan fingerprint density at radius 3 is 2.32 bits per heavy atom. The number of hydrogen-bond donors (Lipinski definition) is 0. The summed E-state index contributed by atoms with van der Waals surface area (Å²) in [6, 6.07) is 18.6. The Balaban J connectivity index is 1.86. The second-order valence-corrected chi connectivity index (χ2v) is 6.33. The van der Waals surface area contributed by atoms with Gasteiger partial charge in [0.2, 0.25) is 11.2 Å². The lowest BCUT2D eigenvalue weighted by atomic mass is 10.1. The lowest BCUT2D eigenvalue weighted by Gasteiger charge is -2.11. The third kappa shape index (κ3) is 4.35. The zero-order chi connectivity index (χ0) is 17.9. The molecule has 0 aliphatic heterocycles. The maximum atomic E-state index is 10.6. The first-order chi connectivity index (χ1) is 12.0. The molecule has 3 rings (SSSR count). The summed E-state index contributed by atoms with van der Waals surface area (Å²) in [4.78, 5) is 0. The predicted molar refractivity (Wildman–Crippen MR) is 85.8 cm³/mol. The number of benzene rings is 2. The van der Waals surface area contributed by atoms with E-state index in [-0.39, 0.29) is 5.75 Å². The van der Waals surface area contributed by atoms with Gasteiger partial charge in [0.15, 0.2) is 0 Å². The van der Waals surface area contributed by atoms with Crippen LogP contribution in [0.2, 0.25) is 0 Å². The van der Waals surface area contributed by atoms with Crippen LogP contribution in [-0.2, 0) is 6.54 Å². The molecule has 2 aromatic carbocycles. The Morgan fingerprint density at radius 1 is 0.920 bits per heavy atom. The van der Waals surface area contributed by atoms with Crippen molar-refractivity contribution in [3.05, 3.63) is 71.9 Å². The van der Waals surface area contributed by atoms with Gasteiger partial charge in [-0.3, -0.25) is 0 Å². The van der Waals surface area contributed by atoms with E-state index in [0.29, 0.717) is 0 Å². The van der Waals surface area contributed by atoms with Gasteiger partial charge in [-0.2, -0.15) is 18.5 Å². The van der Waals surface area contributed by atoms with Gasteiger partial charge >= 0.3 is 0 Å². The van der Waals surface area contributed by atoms with Crippen molar-refractivity contribution < 1.29 is 33.1 Å². The average Bonchev–Trinajstić information content (AvgIpc) is 2.59. The van der Waals surface area contributed by atoms with Crippen LogP contribution in [0, 0.1) is 10.2 Å². The molecule has 0 saturated carbocycles. The molecule has 25 heavy (non-hydrogen) atoms. The molecule has 5 nitrogen and oxygen atoms in total. The molecule has 0 bridgehead atoms. The van der Waals surface area contributed by atoms with Crippen molar-refractivity contribution in [3.8, 4) is 5.75 Å². The van der Waals surface area contributed by atoms with Crippen LogP contribution in [0.3, 0.4) is 0 Å². The summed E-state index contributed by atoms with van der Waals surface area (Å²) in [5.74, 6) is -0.0110. The minimum atomic E-state index is -4.47. The molecule has 0 amide bonds. The van der Waals surface area contributed by atoms with Crippen LogP contribution in [0.25, 0.3) is 23.1 Å². The number of aromatic nitrogens is 1. The van der Waals surface area contributed by atoms with Crippen LogP contribution < -0.4 is 22.8 Å². The van der Waals surface area contributed by atoms with E-state index in [0.717, 1.165) is 23.3 Å². The van der Waals surface area contributed by atoms with E-state index in [1.807, 2.05) is 24.3 Å². The minimum Gasteiger partial charge on any atom is -0.192 e. The molecule has 0 aliphatic carbocycles. The van der Waals surface area contributed by atoms with Crippen molar-refractivity contribution in [3.63, 3.8) is 0 Å². The second kappa shape index (κ2) is 7.21. The molecule has 0 fully saturated rings. The fourth-order valence-electron chi connectivity index (χ4n) is 2.70. The van der Waals surface area contributed by atoms with Gasteiger partial charge in [0.25, 0.3) is 5.75 Å². The molecule has 0 N–H and O–H groups in total.